The van der Waals surface area contributed by atoms with E-state index in [-0.39, 0.29) is 11.8 Å². The molecule has 1 unspecified atom stereocenters. The number of carbonyl (C=O) groups excluding carboxylic acids is 2. The number of hydrogen-bond donors (Lipinski definition) is 3. The summed E-state index contributed by atoms with van der Waals surface area (Å²) in [5.74, 6) is 0.518. The Kier molecular flexibility index (Phi) is 10.3. The minimum atomic E-state index is -0.0534. The third-order valence-corrected chi connectivity index (χ3v) is 3.00. The first-order valence-corrected chi connectivity index (χ1v) is 6.81. The maximum atomic E-state index is 11.6. The largest absolute Gasteiger partial charge is 0.359 e. The Morgan fingerprint density at radius 3 is 2.39 bits per heavy atom. The lowest BCUT2D eigenvalue weighted by molar-refractivity contribution is -0.122. The molecule has 0 aliphatic rings. The van der Waals surface area contributed by atoms with Crippen molar-refractivity contribution in [2.24, 2.45) is 11.7 Å². The highest BCUT2D eigenvalue weighted by molar-refractivity contribution is 5.78. The van der Waals surface area contributed by atoms with Crippen LogP contribution in [0.1, 0.15) is 45.4 Å². The minimum absolute atomic E-state index is 0.0250. The quantitative estimate of drug-likeness (QED) is 0.541. The molecule has 0 aliphatic carbocycles. The van der Waals surface area contributed by atoms with Gasteiger partial charge in [0.25, 0.3) is 0 Å². The van der Waals surface area contributed by atoms with Crippen molar-refractivity contribution in [2.45, 2.75) is 45.4 Å². The summed E-state index contributed by atoms with van der Waals surface area (Å²) in [5.41, 5.74) is 5.55. The second-order valence-corrected chi connectivity index (χ2v) is 4.54. The first-order valence-electron chi connectivity index (χ1n) is 6.81. The van der Waals surface area contributed by atoms with Crippen molar-refractivity contribution in [3.63, 3.8) is 0 Å². The van der Waals surface area contributed by atoms with Gasteiger partial charge in [0, 0.05) is 26.4 Å². The Balaban J connectivity index is 3.69. The summed E-state index contributed by atoms with van der Waals surface area (Å²) < 4.78 is 0. The molecule has 0 aromatic rings. The van der Waals surface area contributed by atoms with E-state index >= 15 is 0 Å². The predicted molar refractivity (Wildman–Crippen MR) is 73.0 cm³/mol. The monoisotopic (exact) mass is 257 g/mol. The molecule has 0 spiro atoms. The van der Waals surface area contributed by atoms with Crippen LogP contribution in [0.5, 0.6) is 0 Å². The van der Waals surface area contributed by atoms with Crippen molar-refractivity contribution >= 4 is 11.8 Å². The Morgan fingerprint density at radius 1 is 1.11 bits per heavy atom. The number of hydrogen-bond acceptors (Lipinski definition) is 3. The van der Waals surface area contributed by atoms with Gasteiger partial charge in [-0.1, -0.05) is 19.8 Å². The van der Waals surface area contributed by atoms with Gasteiger partial charge in [0.2, 0.25) is 11.8 Å². The molecule has 4 N–H and O–H groups in total. The highest BCUT2D eigenvalue weighted by atomic mass is 16.2. The van der Waals surface area contributed by atoms with Crippen LogP contribution in [0.3, 0.4) is 0 Å². The Bertz CT molecular complexity index is 238. The zero-order valence-electron chi connectivity index (χ0n) is 11.6. The van der Waals surface area contributed by atoms with Gasteiger partial charge in [-0.15, -0.1) is 0 Å². The standard InChI is InChI=1S/C13H27N3O2/c1-3-4-11(7-9-14)5-6-13(18)16-10-8-12(17)15-2/h11H,3-10,14H2,1-2H3,(H,15,17)(H,16,18). The maximum absolute atomic E-state index is 11.6. The summed E-state index contributed by atoms with van der Waals surface area (Å²) in [6.07, 6.45) is 4.99. The number of carbonyl (C=O) groups is 2. The van der Waals surface area contributed by atoms with Crippen LogP contribution in [-0.2, 0) is 9.59 Å². The first kappa shape index (κ1) is 16.9. The summed E-state index contributed by atoms with van der Waals surface area (Å²) in [7, 11) is 1.59. The van der Waals surface area contributed by atoms with E-state index < -0.39 is 0 Å². The van der Waals surface area contributed by atoms with Crippen LogP contribution in [0.2, 0.25) is 0 Å². The fourth-order valence-electron chi connectivity index (χ4n) is 1.94. The molecule has 0 saturated heterocycles. The predicted octanol–water partition coefficient (Wildman–Crippen LogP) is 0.784. The van der Waals surface area contributed by atoms with Gasteiger partial charge in [0.05, 0.1) is 0 Å². The molecule has 0 aliphatic heterocycles. The molecule has 0 rings (SSSR count). The second kappa shape index (κ2) is 11.0. The Labute approximate surface area is 110 Å². The summed E-state index contributed by atoms with van der Waals surface area (Å²) in [6.45, 7) is 3.24. The fourth-order valence-corrected chi connectivity index (χ4v) is 1.94. The molecule has 0 aromatic heterocycles. The van der Waals surface area contributed by atoms with Gasteiger partial charge in [-0.25, -0.2) is 0 Å². The van der Waals surface area contributed by atoms with Crippen LogP contribution in [0.4, 0.5) is 0 Å². The summed E-state index contributed by atoms with van der Waals surface area (Å²) in [6, 6.07) is 0. The fraction of sp³-hybridized carbons (Fsp3) is 0.846. The topological polar surface area (TPSA) is 84.2 Å². The van der Waals surface area contributed by atoms with E-state index in [0.717, 1.165) is 25.7 Å². The normalized spacial score (nSPS) is 11.9. The van der Waals surface area contributed by atoms with E-state index in [1.165, 1.54) is 0 Å². The third kappa shape index (κ3) is 8.98. The lowest BCUT2D eigenvalue weighted by Crippen LogP contribution is -2.29. The average Bonchev–Trinajstić information content (AvgIpc) is 2.36. The zero-order valence-corrected chi connectivity index (χ0v) is 11.6. The molecular weight excluding hydrogens is 230 g/mol. The number of amides is 2. The van der Waals surface area contributed by atoms with Gasteiger partial charge in [-0.3, -0.25) is 9.59 Å². The zero-order chi connectivity index (χ0) is 13.8. The van der Waals surface area contributed by atoms with Crippen molar-refractivity contribution in [1.82, 2.24) is 10.6 Å². The highest BCUT2D eigenvalue weighted by Gasteiger charge is 2.10. The van der Waals surface area contributed by atoms with Crippen LogP contribution in [0.15, 0.2) is 0 Å². The van der Waals surface area contributed by atoms with Crippen LogP contribution in [-0.4, -0.2) is 32.0 Å². The van der Waals surface area contributed by atoms with E-state index in [2.05, 4.69) is 17.6 Å². The molecule has 106 valence electrons. The maximum Gasteiger partial charge on any atom is 0.221 e. The molecule has 18 heavy (non-hydrogen) atoms. The smallest absolute Gasteiger partial charge is 0.221 e. The molecule has 0 fully saturated rings. The molecule has 0 aromatic carbocycles. The first-order chi connectivity index (χ1) is 8.63. The van der Waals surface area contributed by atoms with E-state index in [9.17, 15) is 9.59 Å². The van der Waals surface area contributed by atoms with Crippen molar-refractivity contribution in [2.75, 3.05) is 20.1 Å². The van der Waals surface area contributed by atoms with Crippen molar-refractivity contribution in [3.8, 4) is 0 Å². The SMILES string of the molecule is CCCC(CCN)CCC(=O)NCCC(=O)NC. The van der Waals surface area contributed by atoms with Crippen molar-refractivity contribution in [3.05, 3.63) is 0 Å². The Morgan fingerprint density at radius 2 is 1.83 bits per heavy atom. The molecule has 2 amide bonds. The molecule has 5 heteroatoms. The molecule has 0 heterocycles. The van der Waals surface area contributed by atoms with E-state index in [0.29, 0.717) is 31.8 Å². The van der Waals surface area contributed by atoms with Gasteiger partial charge >= 0.3 is 0 Å². The summed E-state index contributed by atoms with van der Waals surface area (Å²) in [5, 5.41) is 5.27. The van der Waals surface area contributed by atoms with Crippen LogP contribution >= 0.6 is 0 Å². The summed E-state index contributed by atoms with van der Waals surface area (Å²) >= 11 is 0. The van der Waals surface area contributed by atoms with Crippen molar-refractivity contribution < 1.29 is 9.59 Å². The van der Waals surface area contributed by atoms with Crippen LogP contribution in [0, 0.1) is 5.92 Å². The van der Waals surface area contributed by atoms with Gasteiger partial charge in [-0.05, 0) is 25.3 Å². The number of nitrogens with one attached hydrogen (secondary N) is 2. The molecule has 1 atom stereocenters. The van der Waals surface area contributed by atoms with E-state index in [1.54, 1.807) is 7.05 Å². The van der Waals surface area contributed by atoms with Crippen LogP contribution in [0.25, 0.3) is 0 Å². The molecular formula is C13H27N3O2. The van der Waals surface area contributed by atoms with E-state index in [4.69, 9.17) is 5.73 Å². The highest BCUT2D eigenvalue weighted by Crippen LogP contribution is 2.16. The van der Waals surface area contributed by atoms with Gasteiger partial charge < -0.3 is 16.4 Å². The molecule has 5 nitrogen and oxygen atoms in total. The lowest BCUT2D eigenvalue weighted by Gasteiger charge is -2.14. The second-order valence-electron chi connectivity index (χ2n) is 4.54. The Hall–Kier alpha value is -1.10. The molecule has 0 radical (unpaired) electrons. The lowest BCUT2D eigenvalue weighted by atomic mass is 9.94. The van der Waals surface area contributed by atoms with Crippen molar-refractivity contribution in [1.29, 1.82) is 0 Å². The summed E-state index contributed by atoms with van der Waals surface area (Å²) in [4.78, 5) is 22.5. The molecule has 0 bridgehead atoms. The van der Waals surface area contributed by atoms with Crippen LogP contribution < -0.4 is 16.4 Å². The van der Waals surface area contributed by atoms with Gasteiger partial charge in [-0.2, -0.15) is 0 Å². The van der Waals surface area contributed by atoms with Gasteiger partial charge in [0.1, 0.15) is 0 Å². The van der Waals surface area contributed by atoms with Gasteiger partial charge in [0.15, 0.2) is 0 Å². The average molecular weight is 257 g/mol. The number of nitrogens with two attached hydrogens (primary N) is 1. The molecule has 0 saturated carbocycles. The number of rotatable bonds is 10. The third-order valence-electron chi connectivity index (χ3n) is 3.00. The minimum Gasteiger partial charge on any atom is -0.359 e. The van der Waals surface area contributed by atoms with E-state index in [1.807, 2.05) is 0 Å².